The van der Waals surface area contributed by atoms with Gasteiger partial charge in [0.2, 0.25) is 0 Å². The van der Waals surface area contributed by atoms with Crippen molar-refractivity contribution in [3.05, 3.63) is 35.4 Å². The largest absolute Gasteiger partial charge is 0.385 e. The highest BCUT2D eigenvalue weighted by Crippen LogP contribution is 2.40. The van der Waals surface area contributed by atoms with Crippen LogP contribution in [-0.2, 0) is 5.60 Å². The van der Waals surface area contributed by atoms with Gasteiger partial charge in [-0.2, -0.15) is 0 Å². The van der Waals surface area contributed by atoms with Gasteiger partial charge in [-0.25, -0.2) is 8.78 Å². The lowest BCUT2D eigenvalue weighted by Gasteiger charge is -2.27. The standard InChI is InChI=1S/C16H22F2O/c1-2-5-12-6-4-10-16(19,11-9-12)13-7-3-8-14(17)15(13)18/h3,7-8,12,19H,2,4-6,9-11H2,1H3. The van der Waals surface area contributed by atoms with Crippen LogP contribution in [0.4, 0.5) is 8.78 Å². The van der Waals surface area contributed by atoms with E-state index in [0.717, 1.165) is 38.2 Å². The summed E-state index contributed by atoms with van der Waals surface area (Å²) in [6.45, 7) is 2.16. The molecule has 0 amide bonds. The molecular weight excluding hydrogens is 246 g/mol. The first-order valence-corrected chi connectivity index (χ1v) is 7.23. The van der Waals surface area contributed by atoms with E-state index in [-0.39, 0.29) is 5.56 Å². The molecule has 1 aromatic rings. The molecule has 1 aliphatic carbocycles. The molecule has 1 saturated carbocycles. The molecule has 1 nitrogen and oxygen atoms in total. The molecule has 1 aliphatic rings. The highest BCUT2D eigenvalue weighted by molar-refractivity contribution is 5.25. The smallest absolute Gasteiger partial charge is 0.164 e. The number of hydrogen-bond acceptors (Lipinski definition) is 1. The van der Waals surface area contributed by atoms with Gasteiger partial charge in [0.25, 0.3) is 0 Å². The van der Waals surface area contributed by atoms with Crippen LogP contribution in [0, 0.1) is 17.6 Å². The molecule has 1 aromatic carbocycles. The summed E-state index contributed by atoms with van der Waals surface area (Å²) in [5.74, 6) is -1.16. The second kappa shape index (κ2) is 6.00. The van der Waals surface area contributed by atoms with Gasteiger partial charge in [-0.3, -0.25) is 0 Å². The van der Waals surface area contributed by atoms with E-state index in [1.807, 2.05) is 0 Å². The molecule has 2 unspecified atom stereocenters. The predicted octanol–water partition coefficient (Wildman–Crippen LogP) is 4.53. The number of halogens is 2. The van der Waals surface area contributed by atoms with Crippen LogP contribution in [0.2, 0.25) is 0 Å². The van der Waals surface area contributed by atoms with Crippen molar-refractivity contribution in [1.82, 2.24) is 0 Å². The topological polar surface area (TPSA) is 20.2 Å². The molecule has 0 heterocycles. The Balaban J connectivity index is 2.20. The Morgan fingerprint density at radius 3 is 2.79 bits per heavy atom. The number of hydrogen-bond donors (Lipinski definition) is 1. The van der Waals surface area contributed by atoms with E-state index in [4.69, 9.17) is 0 Å². The molecule has 106 valence electrons. The Hall–Kier alpha value is -0.960. The monoisotopic (exact) mass is 268 g/mol. The molecule has 0 aliphatic heterocycles. The van der Waals surface area contributed by atoms with Crippen LogP contribution in [0.25, 0.3) is 0 Å². The van der Waals surface area contributed by atoms with Gasteiger partial charge in [0.05, 0.1) is 5.60 Å². The summed E-state index contributed by atoms with van der Waals surface area (Å²) < 4.78 is 27.2. The van der Waals surface area contributed by atoms with Crippen LogP contribution in [0.3, 0.4) is 0 Å². The summed E-state index contributed by atoms with van der Waals surface area (Å²) in [6.07, 6.45) is 6.18. The quantitative estimate of drug-likeness (QED) is 0.798. The van der Waals surface area contributed by atoms with Crippen molar-refractivity contribution in [1.29, 1.82) is 0 Å². The fourth-order valence-corrected chi connectivity index (χ4v) is 3.22. The SMILES string of the molecule is CCCC1CCCC(O)(c2cccc(F)c2F)CC1. The second-order valence-corrected chi connectivity index (χ2v) is 5.72. The lowest BCUT2D eigenvalue weighted by atomic mass is 9.85. The first-order valence-electron chi connectivity index (χ1n) is 7.23. The number of aliphatic hydroxyl groups is 1. The van der Waals surface area contributed by atoms with Gasteiger partial charge in [0.1, 0.15) is 0 Å². The van der Waals surface area contributed by atoms with E-state index in [0.29, 0.717) is 18.8 Å². The maximum Gasteiger partial charge on any atom is 0.164 e. The molecule has 2 atom stereocenters. The van der Waals surface area contributed by atoms with Crippen molar-refractivity contribution in [3.8, 4) is 0 Å². The van der Waals surface area contributed by atoms with Gasteiger partial charge >= 0.3 is 0 Å². The molecule has 1 fully saturated rings. The van der Waals surface area contributed by atoms with Gasteiger partial charge < -0.3 is 5.11 Å². The summed E-state index contributed by atoms with van der Waals surface area (Å²) in [7, 11) is 0. The molecular formula is C16H22F2O. The van der Waals surface area contributed by atoms with Crippen LogP contribution < -0.4 is 0 Å². The first-order chi connectivity index (χ1) is 9.07. The minimum absolute atomic E-state index is 0.129. The summed E-state index contributed by atoms with van der Waals surface area (Å²) >= 11 is 0. The predicted molar refractivity (Wildman–Crippen MR) is 71.7 cm³/mol. The zero-order chi connectivity index (χ0) is 13.9. The summed E-state index contributed by atoms with van der Waals surface area (Å²) in [4.78, 5) is 0. The van der Waals surface area contributed by atoms with Gasteiger partial charge in [-0.05, 0) is 37.7 Å². The zero-order valence-corrected chi connectivity index (χ0v) is 11.5. The van der Waals surface area contributed by atoms with Crippen molar-refractivity contribution < 1.29 is 13.9 Å². The molecule has 3 heteroatoms. The van der Waals surface area contributed by atoms with Crippen LogP contribution in [-0.4, -0.2) is 5.11 Å². The third kappa shape index (κ3) is 3.14. The Kier molecular flexibility index (Phi) is 4.56. The van der Waals surface area contributed by atoms with Gasteiger partial charge in [0, 0.05) is 5.56 Å². The molecule has 19 heavy (non-hydrogen) atoms. The Morgan fingerprint density at radius 1 is 1.26 bits per heavy atom. The van der Waals surface area contributed by atoms with Gasteiger partial charge in [0.15, 0.2) is 11.6 Å². The van der Waals surface area contributed by atoms with Crippen LogP contribution >= 0.6 is 0 Å². The van der Waals surface area contributed by atoms with E-state index >= 15 is 0 Å². The van der Waals surface area contributed by atoms with E-state index in [9.17, 15) is 13.9 Å². The van der Waals surface area contributed by atoms with Crippen molar-refractivity contribution in [2.75, 3.05) is 0 Å². The Labute approximate surface area is 113 Å². The van der Waals surface area contributed by atoms with Crippen LogP contribution in [0.1, 0.15) is 57.4 Å². The fraction of sp³-hybridized carbons (Fsp3) is 0.625. The van der Waals surface area contributed by atoms with E-state index in [1.165, 1.54) is 12.1 Å². The number of rotatable bonds is 3. The Morgan fingerprint density at radius 2 is 2.05 bits per heavy atom. The zero-order valence-electron chi connectivity index (χ0n) is 11.5. The highest BCUT2D eigenvalue weighted by Gasteiger charge is 2.35. The van der Waals surface area contributed by atoms with E-state index < -0.39 is 17.2 Å². The van der Waals surface area contributed by atoms with E-state index in [2.05, 4.69) is 6.92 Å². The third-order valence-electron chi connectivity index (χ3n) is 4.32. The average Bonchev–Trinajstić information content (AvgIpc) is 2.57. The fourth-order valence-electron chi connectivity index (χ4n) is 3.22. The molecule has 2 rings (SSSR count). The van der Waals surface area contributed by atoms with Crippen molar-refractivity contribution in [2.24, 2.45) is 5.92 Å². The molecule has 0 spiro atoms. The van der Waals surface area contributed by atoms with Crippen molar-refractivity contribution in [2.45, 2.75) is 57.5 Å². The molecule has 0 saturated heterocycles. The summed E-state index contributed by atoms with van der Waals surface area (Å²) in [6, 6.07) is 4.08. The molecule has 0 aromatic heterocycles. The van der Waals surface area contributed by atoms with E-state index in [1.54, 1.807) is 0 Å². The number of benzene rings is 1. The van der Waals surface area contributed by atoms with Gasteiger partial charge in [-0.1, -0.05) is 38.3 Å². The lowest BCUT2D eigenvalue weighted by Crippen LogP contribution is -2.26. The van der Waals surface area contributed by atoms with Crippen LogP contribution in [0.5, 0.6) is 0 Å². The average molecular weight is 268 g/mol. The Bertz CT molecular complexity index is 433. The first kappa shape index (κ1) is 14.4. The lowest BCUT2D eigenvalue weighted by molar-refractivity contribution is 0.0155. The highest BCUT2D eigenvalue weighted by atomic mass is 19.2. The minimum atomic E-state index is -1.20. The summed E-state index contributed by atoms with van der Waals surface area (Å²) in [5, 5.41) is 10.7. The maximum atomic E-state index is 13.9. The molecule has 1 N–H and O–H groups in total. The van der Waals surface area contributed by atoms with Gasteiger partial charge in [-0.15, -0.1) is 0 Å². The normalized spacial score (nSPS) is 28.1. The summed E-state index contributed by atoms with van der Waals surface area (Å²) in [5.41, 5.74) is -1.07. The molecule has 0 radical (unpaired) electrons. The van der Waals surface area contributed by atoms with Crippen molar-refractivity contribution >= 4 is 0 Å². The third-order valence-corrected chi connectivity index (χ3v) is 4.32. The molecule has 0 bridgehead atoms. The second-order valence-electron chi connectivity index (χ2n) is 5.72. The minimum Gasteiger partial charge on any atom is -0.385 e. The van der Waals surface area contributed by atoms with Crippen molar-refractivity contribution in [3.63, 3.8) is 0 Å². The maximum absolute atomic E-state index is 13.9. The van der Waals surface area contributed by atoms with Crippen LogP contribution in [0.15, 0.2) is 18.2 Å².